The number of rotatable bonds is 6. The highest BCUT2D eigenvalue weighted by Gasteiger charge is 2.50. The summed E-state index contributed by atoms with van der Waals surface area (Å²) >= 11 is 0. The van der Waals surface area contributed by atoms with Gasteiger partial charge in [0.05, 0.1) is 43.7 Å². The normalized spacial score (nSPS) is 23.0. The van der Waals surface area contributed by atoms with Crippen molar-refractivity contribution in [3.8, 4) is 11.3 Å². The van der Waals surface area contributed by atoms with Gasteiger partial charge in [-0.2, -0.15) is 0 Å². The standard InChI is InChI=1S/C29H36FN5O4/c1-17(2)35-23-12-19(26-21(30)13-31-28(33-26)32-22-6-10-38-15-25(22)36)4-5-20(23)27(37)18(3)24(35)14-34-9-11-39-16-29(34)7-8-29/h4-5,12-13,17,22,25,36H,6-11,14-16H2,1-3H3,(H,31,32,33)/t22-,25-/m1/s1. The molecule has 2 aromatic heterocycles. The molecule has 6 rings (SSSR count). The van der Waals surface area contributed by atoms with Gasteiger partial charge in [-0.15, -0.1) is 0 Å². The van der Waals surface area contributed by atoms with E-state index in [4.69, 9.17) is 9.47 Å². The van der Waals surface area contributed by atoms with E-state index >= 15 is 4.39 Å². The van der Waals surface area contributed by atoms with Crippen molar-refractivity contribution in [2.45, 2.75) is 70.3 Å². The Morgan fingerprint density at radius 3 is 2.82 bits per heavy atom. The lowest BCUT2D eigenvalue weighted by molar-refractivity contribution is -0.0256. The summed E-state index contributed by atoms with van der Waals surface area (Å²) in [5.41, 5.74) is 3.30. The molecule has 2 aliphatic heterocycles. The first kappa shape index (κ1) is 26.3. The number of aliphatic hydroxyl groups excluding tert-OH is 1. The highest BCUT2D eigenvalue weighted by molar-refractivity contribution is 5.85. The predicted molar refractivity (Wildman–Crippen MR) is 146 cm³/mol. The fourth-order valence-corrected chi connectivity index (χ4v) is 6.01. The van der Waals surface area contributed by atoms with Crippen LogP contribution in [0.25, 0.3) is 22.2 Å². The van der Waals surface area contributed by atoms with Crippen LogP contribution in [0.3, 0.4) is 0 Å². The lowest BCUT2D eigenvalue weighted by Crippen LogP contribution is -2.47. The van der Waals surface area contributed by atoms with E-state index in [9.17, 15) is 9.90 Å². The number of anilines is 1. The molecule has 4 heterocycles. The number of nitrogens with one attached hydrogen (secondary N) is 1. The van der Waals surface area contributed by atoms with Crippen molar-refractivity contribution in [3.05, 3.63) is 51.7 Å². The Morgan fingerprint density at radius 2 is 2.08 bits per heavy atom. The van der Waals surface area contributed by atoms with E-state index < -0.39 is 11.9 Å². The topological polar surface area (TPSA) is 102 Å². The molecule has 3 aliphatic rings. The van der Waals surface area contributed by atoms with Crippen molar-refractivity contribution >= 4 is 16.9 Å². The Kier molecular flexibility index (Phi) is 6.91. The first-order chi connectivity index (χ1) is 18.8. The van der Waals surface area contributed by atoms with Gasteiger partial charge in [0, 0.05) is 53.5 Å². The number of hydrogen-bond acceptors (Lipinski definition) is 8. The van der Waals surface area contributed by atoms with Crippen LogP contribution in [-0.4, -0.2) is 75.2 Å². The van der Waals surface area contributed by atoms with Gasteiger partial charge in [0.2, 0.25) is 5.95 Å². The van der Waals surface area contributed by atoms with E-state index in [0.717, 1.165) is 49.0 Å². The molecule has 1 aromatic carbocycles. The highest BCUT2D eigenvalue weighted by Crippen LogP contribution is 2.44. The summed E-state index contributed by atoms with van der Waals surface area (Å²) in [5.74, 6) is -0.312. The van der Waals surface area contributed by atoms with Gasteiger partial charge < -0.3 is 24.5 Å². The van der Waals surface area contributed by atoms with Gasteiger partial charge in [-0.3, -0.25) is 9.69 Å². The molecule has 3 fully saturated rings. The van der Waals surface area contributed by atoms with E-state index in [1.165, 1.54) is 0 Å². The van der Waals surface area contributed by atoms with Crippen molar-refractivity contribution in [2.24, 2.45) is 0 Å². The fourth-order valence-electron chi connectivity index (χ4n) is 6.01. The number of halogens is 1. The van der Waals surface area contributed by atoms with Gasteiger partial charge in [-0.25, -0.2) is 14.4 Å². The molecule has 0 bridgehead atoms. The summed E-state index contributed by atoms with van der Waals surface area (Å²) in [6.45, 7) is 9.83. The molecule has 0 unspecified atom stereocenters. The van der Waals surface area contributed by atoms with Gasteiger partial charge >= 0.3 is 0 Å². The number of aliphatic hydroxyl groups is 1. The Balaban J connectivity index is 1.42. The number of benzene rings is 1. The number of nitrogens with zero attached hydrogens (tertiary/aromatic N) is 4. The average Bonchev–Trinajstić information content (AvgIpc) is 3.70. The third-order valence-corrected chi connectivity index (χ3v) is 8.46. The molecule has 2 saturated heterocycles. The smallest absolute Gasteiger partial charge is 0.223 e. The molecule has 1 spiro atoms. The van der Waals surface area contributed by atoms with Crippen LogP contribution in [0.4, 0.5) is 10.3 Å². The molecule has 9 nitrogen and oxygen atoms in total. The first-order valence-corrected chi connectivity index (χ1v) is 13.8. The van der Waals surface area contributed by atoms with Crippen LogP contribution in [0.5, 0.6) is 0 Å². The van der Waals surface area contributed by atoms with Crippen molar-refractivity contribution < 1.29 is 19.0 Å². The Bertz CT molecular complexity index is 1450. The van der Waals surface area contributed by atoms with Gasteiger partial charge in [0.15, 0.2) is 11.2 Å². The van der Waals surface area contributed by atoms with Crippen LogP contribution in [0.2, 0.25) is 0 Å². The van der Waals surface area contributed by atoms with E-state index in [2.05, 4.69) is 38.6 Å². The zero-order valence-electron chi connectivity index (χ0n) is 22.7. The first-order valence-electron chi connectivity index (χ1n) is 13.8. The maximum Gasteiger partial charge on any atom is 0.223 e. The van der Waals surface area contributed by atoms with Gasteiger partial charge in [-0.1, -0.05) is 6.07 Å². The Hall–Kier alpha value is -2.92. The number of hydrogen-bond donors (Lipinski definition) is 2. The van der Waals surface area contributed by atoms with E-state index in [1.807, 2.05) is 13.0 Å². The molecular weight excluding hydrogens is 501 g/mol. The number of pyridine rings is 1. The lowest BCUT2D eigenvalue weighted by atomic mass is 10.0. The molecular formula is C29H36FN5O4. The van der Waals surface area contributed by atoms with Crippen molar-refractivity contribution in [3.63, 3.8) is 0 Å². The summed E-state index contributed by atoms with van der Waals surface area (Å²) in [6.07, 6.45) is 3.28. The molecule has 208 valence electrons. The summed E-state index contributed by atoms with van der Waals surface area (Å²) in [6, 6.07) is 5.18. The average molecular weight is 538 g/mol. The molecule has 39 heavy (non-hydrogen) atoms. The van der Waals surface area contributed by atoms with Crippen LogP contribution >= 0.6 is 0 Å². The van der Waals surface area contributed by atoms with Gasteiger partial charge in [-0.05, 0) is 52.2 Å². The summed E-state index contributed by atoms with van der Waals surface area (Å²) in [7, 11) is 0. The second kappa shape index (κ2) is 10.2. The summed E-state index contributed by atoms with van der Waals surface area (Å²) in [5, 5.41) is 14.0. The largest absolute Gasteiger partial charge is 0.389 e. The minimum Gasteiger partial charge on any atom is -0.389 e. The molecule has 0 amide bonds. The van der Waals surface area contributed by atoms with Crippen LogP contribution < -0.4 is 10.7 Å². The van der Waals surface area contributed by atoms with Crippen LogP contribution in [-0.2, 0) is 16.0 Å². The number of fused-ring (bicyclic) bond motifs is 1. The van der Waals surface area contributed by atoms with Crippen LogP contribution in [0, 0.1) is 12.7 Å². The van der Waals surface area contributed by atoms with Crippen molar-refractivity contribution in [1.29, 1.82) is 0 Å². The van der Waals surface area contributed by atoms with Gasteiger partial charge in [0.1, 0.15) is 5.69 Å². The van der Waals surface area contributed by atoms with E-state index in [-0.39, 0.29) is 41.3 Å². The summed E-state index contributed by atoms with van der Waals surface area (Å²) < 4.78 is 28.4. The zero-order chi connectivity index (χ0) is 27.3. The molecule has 2 N–H and O–H groups in total. The maximum absolute atomic E-state index is 15.1. The molecule has 2 atom stereocenters. The monoisotopic (exact) mass is 537 g/mol. The van der Waals surface area contributed by atoms with Crippen LogP contribution in [0.1, 0.15) is 50.4 Å². The lowest BCUT2D eigenvalue weighted by Gasteiger charge is -2.37. The third kappa shape index (κ3) is 4.84. The van der Waals surface area contributed by atoms with E-state index in [1.54, 1.807) is 12.1 Å². The molecule has 1 aliphatic carbocycles. The third-order valence-electron chi connectivity index (χ3n) is 8.46. The fraction of sp³-hybridized carbons (Fsp3) is 0.552. The number of morpholine rings is 1. The SMILES string of the molecule is Cc1c(CN2CCOCC23CC3)n(C(C)C)c2cc(-c3nc(N[C@@H]4CCOC[C@H]4O)ncc3F)ccc2c1=O. The van der Waals surface area contributed by atoms with Crippen molar-refractivity contribution in [1.82, 2.24) is 19.4 Å². The van der Waals surface area contributed by atoms with Gasteiger partial charge in [0.25, 0.3) is 0 Å². The minimum atomic E-state index is -0.695. The Labute approximate surface area is 227 Å². The zero-order valence-corrected chi connectivity index (χ0v) is 22.7. The predicted octanol–water partition coefficient (Wildman–Crippen LogP) is 3.41. The van der Waals surface area contributed by atoms with E-state index in [0.29, 0.717) is 37.1 Å². The Morgan fingerprint density at radius 1 is 1.26 bits per heavy atom. The number of ether oxygens (including phenoxy) is 2. The molecule has 1 saturated carbocycles. The summed E-state index contributed by atoms with van der Waals surface area (Å²) in [4.78, 5) is 24.6. The van der Waals surface area contributed by atoms with Crippen molar-refractivity contribution in [2.75, 3.05) is 38.3 Å². The quantitative estimate of drug-likeness (QED) is 0.493. The second-order valence-electron chi connectivity index (χ2n) is 11.4. The molecule has 0 radical (unpaired) electrons. The minimum absolute atomic E-state index is 0.000534. The molecule has 3 aromatic rings. The number of aromatic nitrogens is 3. The highest BCUT2D eigenvalue weighted by atomic mass is 19.1. The maximum atomic E-state index is 15.1. The van der Waals surface area contributed by atoms with Crippen LogP contribution in [0.15, 0.2) is 29.2 Å². The second-order valence-corrected chi connectivity index (χ2v) is 11.4. The molecule has 10 heteroatoms.